The average molecular weight is 321 g/mol. The molecule has 0 saturated carbocycles. The fraction of sp³-hybridized carbons (Fsp3) is 0.588. The minimum absolute atomic E-state index is 0.00271. The number of rotatable bonds is 4. The SMILES string of the molecule is COc1ccc(OC)c([C@H]2CCCN2C(=O)[C@@H]2COCCO2)c1. The van der Waals surface area contributed by atoms with Crippen molar-refractivity contribution in [1.82, 2.24) is 4.90 Å². The van der Waals surface area contributed by atoms with E-state index in [9.17, 15) is 4.79 Å². The lowest BCUT2D eigenvalue weighted by Gasteiger charge is -2.31. The summed E-state index contributed by atoms with van der Waals surface area (Å²) in [5.41, 5.74) is 0.981. The maximum atomic E-state index is 12.8. The predicted octanol–water partition coefficient (Wildman–Crippen LogP) is 1.78. The van der Waals surface area contributed by atoms with E-state index in [0.717, 1.165) is 36.4 Å². The van der Waals surface area contributed by atoms with Crippen LogP contribution in [0.5, 0.6) is 11.5 Å². The van der Waals surface area contributed by atoms with Crippen LogP contribution in [0.25, 0.3) is 0 Å². The second kappa shape index (κ2) is 7.19. The van der Waals surface area contributed by atoms with Crippen LogP contribution in [-0.2, 0) is 14.3 Å². The number of ether oxygens (including phenoxy) is 4. The Hall–Kier alpha value is -1.79. The fourth-order valence-corrected chi connectivity index (χ4v) is 3.27. The molecule has 2 heterocycles. The van der Waals surface area contributed by atoms with E-state index in [1.165, 1.54) is 0 Å². The Balaban J connectivity index is 1.84. The normalized spacial score (nSPS) is 24.5. The van der Waals surface area contributed by atoms with Crippen LogP contribution in [0, 0.1) is 0 Å². The van der Waals surface area contributed by atoms with Crippen LogP contribution >= 0.6 is 0 Å². The van der Waals surface area contributed by atoms with E-state index in [0.29, 0.717) is 19.8 Å². The number of hydrogen-bond acceptors (Lipinski definition) is 5. The molecular formula is C17H23NO5. The van der Waals surface area contributed by atoms with Crippen molar-refractivity contribution in [3.05, 3.63) is 23.8 Å². The van der Waals surface area contributed by atoms with E-state index >= 15 is 0 Å². The van der Waals surface area contributed by atoms with E-state index in [1.54, 1.807) is 14.2 Å². The Labute approximate surface area is 136 Å². The number of carbonyl (C=O) groups is 1. The first kappa shape index (κ1) is 16.1. The number of hydrogen-bond donors (Lipinski definition) is 0. The van der Waals surface area contributed by atoms with Crippen LogP contribution in [0.15, 0.2) is 18.2 Å². The largest absolute Gasteiger partial charge is 0.497 e. The first-order valence-corrected chi connectivity index (χ1v) is 7.96. The fourth-order valence-electron chi connectivity index (χ4n) is 3.27. The average Bonchev–Trinajstić information content (AvgIpc) is 3.10. The van der Waals surface area contributed by atoms with Crippen LogP contribution < -0.4 is 9.47 Å². The van der Waals surface area contributed by atoms with Gasteiger partial charge in [0.1, 0.15) is 11.5 Å². The number of carbonyl (C=O) groups excluding carboxylic acids is 1. The molecule has 0 spiro atoms. The molecule has 0 aliphatic carbocycles. The van der Waals surface area contributed by atoms with Crippen molar-refractivity contribution < 1.29 is 23.7 Å². The van der Waals surface area contributed by atoms with Crippen molar-refractivity contribution in [2.75, 3.05) is 40.6 Å². The third-order valence-electron chi connectivity index (χ3n) is 4.42. The molecule has 0 radical (unpaired) electrons. The van der Waals surface area contributed by atoms with Crippen LogP contribution in [0.4, 0.5) is 0 Å². The molecule has 1 aromatic carbocycles. The zero-order chi connectivity index (χ0) is 16.2. The molecule has 0 N–H and O–H groups in total. The zero-order valence-corrected chi connectivity index (χ0v) is 13.6. The second-order valence-corrected chi connectivity index (χ2v) is 5.73. The summed E-state index contributed by atoms with van der Waals surface area (Å²) >= 11 is 0. The first-order valence-electron chi connectivity index (χ1n) is 7.96. The summed E-state index contributed by atoms with van der Waals surface area (Å²) in [7, 11) is 3.28. The van der Waals surface area contributed by atoms with Gasteiger partial charge in [-0.05, 0) is 31.0 Å². The van der Waals surface area contributed by atoms with Crippen LogP contribution in [0.1, 0.15) is 24.4 Å². The van der Waals surface area contributed by atoms with Crippen LogP contribution in [0.2, 0.25) is 0 Å². The van der Waals surface area contributed by atoms with Crippen LogP contribution in [0.3, 0.4) is 0 Å². The van der Waals surface area contributed by atoms with E-state index < -0.39 is 6.10 Å². The van der Waals surface area contributed by atoms with Gasteiger partial charge in [-0.15, -0.1) is 0 Å². The lowest BCUT2D eigenvalue weighted by Crippen LogP contribution is -2.45. The number of methoxy groups -OCH3 is 2. The van der Waals surface area contributed by atoms with Crippen molar-refractivity contribution in [1.29, 1.82) is 0 Å². The van der Waals surface area contributed by atoms with E-state index in [2.05, 4.69) is 0 Å². The highest BCUT2D eigenvalue weighted by Gasteiger charge is 2.36. The third kappa shape index (κ3) is 3.28. The van der Waals surface area contributed by atoms with E-state index in [1.807, 2.05) is 23.1 Å². The Morgan fingerprint density at radius 2 is 2.13 bits per heavy atom. The van der Waals surface area contributed by atoms with Gasteiger partial charge in [-0.2, -0.15) is 0 Å². The van der Waals surface area contributed by atoms with Gasteiger partial charge in [0.2, 0.25) is 0 Å². The van der Waals surface area contributed by atoms with Crippen molar-refractivity contribution in [2.24, 2.45) is 0 Å². The Kier molecular flexibility index (Phi) is 5.03. The minimum atomic E-state index is -0.499. The number of benzene rings is 1. The molecule has 0 bridgehead atoms. The Bertz CT molecular complexity index is 556. The van der Waals surface area contributed by atoms with Gasteiger partial charge >= 0.3 is 0 Å². The van der Waals surface area contributed by atoms with Gasteiger partial charge in [-0.1, -0.05) is 0 Å². The molecule has 1 aromatic rings. The van der Waals surface area contributed by atoms with Crippen molar-refractivity contribution in [3.63, 3.8) is 0 Å². The lowest BCUT2D eigenvalue weighted by molar-refractivity contribution is -0.158. The summed E-state index contributed by atoms with van der Waals surface area (Å²) in [6, 6.07) is 5.68. The zero-order valence-electron chi connectivity index (χ0n) is 13.6. The highest BCUT2D eigenvalue weighted by molar-refractivity contribution is 5.82. The quantitative estimate of drug-likeness (QED) is 0.846. The van der Waals surface area contributed by atoms with Gasteiger partial charge in [0, 0.05) is 12.1 Å². The second-order valence-electron chi connectivity index (χ2n) is 5.73. The molecule has 1 amide bonds. The van der Waals surface area contributed by atoms with E-state index in [-0.39, 0.29) is 11.9 Å². The summed E-state index contributed by atoms with van der Waals surface area (Å²) in [6.07, 6.45) is 1.37. The summed E-state index contributed by atoms with van der Waals surface area (Å²) in [6.45, 7) is 2.08. The van der Waals surface area contributed by atoms with Gasteiger partial charge in [-0.25, -0.2) is 0 Å². The molecule has 2 aliphatic heterocycles. The maximum Gasteiger partial charge on any atom is 0.254 e. The van der Waals surface area contributed by atoms with Crippen molar-refractivity contribution in [2.45, 2.75) is 25.0 Å². The van der Waals surface area contributed by atoms with Gasteiger partial charge in [0.15, 0.2) is 6.10 Å². The molecule has 6 heteroatoms. The van der Waals surface area contributed by atoms with Gasteiger partial charge in [-0.3, -0.25) is 4.79 Å². The highest BCUT2D eigenvalue weighted by atomic mass is 16.6. The summed E-state index contributed by atoms with van der Waals surface area (Å²) in [5, 5.41) is 0. The molecule has 23 heavy (non-hydrogen) atoms. The monoisotopic (exact) mass is 321 g/mol. The highest BCUT2D eigenvalue weighted by Crippen LogP contribution is 2.39. The third-order valence-corrected chi connectivity index (χ3v) is 4.42. The minimum Gasteiger partial charge on any atom is -0.497 e. The Morgan fingerprint density at radius 1 is 1.26 bits per heavy atom. The maximum absolute atomic E-state index is 12.8. The molecule has 0 aromatic heterocycles. The predicted molar refractivity (Wildman–Crippen MR) is 83.8 cm³/mol. The molecule has 2 atom stereocenters. The molecule has 6 nitrogen and oxygen atoms in total. The smallest absolute Gasteiger partial charge is 0.254 e. The molecule has 2 saturated heterocycles. The van der Waals surface area contributed by atoms with Gasteiger partial charge < -0.3 is 23.8 Å². The molecule has 126 valence electrons. The summed E-state index contributed by atoms with van der Waals surface area (Å²) in [4.78, 5) is 14.7. The topological polar surface area (TPSA) is 57.2 Å². The van der Waals surface area contributed by atoms with Gasteiger partial charge in [0.25, 0.3) is 5.91 Å². The molecule has 3 rings (SSSR count). The summed E-state index contributed by atoms with van der Waals surface area (Å²) < 4.78 is 21.7. The standard InChI is InChI=1S/C17H23NO5/c1-20-12-5-6-15(21-2)13(10-12)14-4-3-7-18(14)17(19)16-11-22-8-9-23-16/h5-6,10,14,16H,3-4,7-9,11H2,1-2H3/t14-,16+/m1/s1. The molecule has 2 fully saturated rings. The number of nitrogens with zero attached hydrogens (tertiary/aromatic N) is 1. The Morgan fingerprint density at radius 3 is 2.83 bits per heavy atom. The van der Waals surface area contributed by atoms with E-state index in [4.69, 9.17) is 18.9 Å². The van der Waals surface area contributed by atoms with Gasteiger partial charge in [0.05, 0.1) is 40.1 Å². The van der Waals surface area contributed by atoms with Crippen LogP contribution in [-0.4, -0.2) is 57.5 Å². The van der Waals surface area contributed by atoms with Crippen molar-refractivity contribution >= 4 is 5.91 Å². The summed E-state index contributed by atoms with van der Waals surface area (Å²) in [5.74, 6) is 1.53. The first-order chi connectivity index (χ1) is 11.2. The number of likely N-dealkylation sites (tertiary alicyclic amines) is 1. The lowest BCUT2D eigenvalue weighted by atomic mass is 10.0. The van der Waals surface area contributed by atoms with Crippen molar-refractivity contribution in [3.8, 4) is 11.5 Å². The number of amides is 1. The molecule has 2 aliphatic rings. The molecule has 0 unspecified atom stereocenters. The molecular weight excluding hydrogens is 298 g/mol.